The molecule has 1 atom stereocenters. The monoisotopic (exact) mass is 237 g/mol. The van der Waals surface area contributed by atoms with Crippen LogP contribution in [0.2, 0.25) is 0 Å². The lowest BCUT2D eigenvalue weighted by atomic mass is 9.99. The van der Waals surface area contributed by atoms with Crippen molar-refractivity contribution in [3.05, 3.63) is 0 Å². The van der Waals surface area contributed by atoms with Crippen molar-refractivity contribution in [2.24, 2.45) is 11.8 Å². The van der Waals surface area contributed by atoms with Gasteiger partial charge < -0.3 is 5.11 Å². The average molecular weight is 237 g/mol. The van der Waals surface area contributed by atoms with Gasteiger partial charge in [-0.3, -0.25) is 0 Å². The van der Waals surface area contributed by atoms with E-state index in [9.17, 15) is 8.42 Å². The summed E-state index contributed by atoms with van der Waals surface area (Å²) in [7, 11) is -3.14. The van der Waals surface area contributed by atoms with E-state index < -0.39 is 10.0 Å². The van der Waals surface area contributed by atoms with E-state index in [1.165, 1.54) is 0 Å². The second kappa shape index (κ2) is 7.19. The fourth-order valence-electron chi connectivity index (χ4n) is 0.970. The first-order chi connectivity index (χ1) is 6.89. The first kappa shape index (κ1) is 14.9. The number of rotatable bonds is 8. The van der Waals surface area contributed by atoms with Crippen LogP contribution in [0, 0.1) is 11.8 Å². The molecule has 0 radical (unpaired) electrons. The number of hydrogen-bond acceptors (Lipinski definition) is 3. The van der Waals surface area contributed by atoms with Crippen LogP contribution in [-0.2, 0) is 10.0 Å². The molecule has 5 heteroatoms. The molecule has 0 heterocycles. The molecule has 15 heavy (non-hydrogen) atoms. The Bertz CT molecular complexity index is 249. The smallest absolute Gasteiger partial charge is 0.211 e. The van der Waals surface area contributed by atoms with E-state index in [4.69, 9.17) is 5.11 Å². The van der Waals surface area contributed by atoms with Gasteiger partial charge in [0.1, 0.15) is 0 Å². The maximum Gasteiger partial charge on any atom is 0.211 e. The van der Waals surface area contributed by atoms with Crippen molar-refractivity contribution >= 4 is 10.0 Å². The first-order valence-corrected chi connectivity index (χ1v) is 7.12. The summed E-state index contributed by atoms with van der Waals surface area (Å²) in [6.45, 7) is 6.73. The minimum Gasteiger partial charge on any atom is -0.396 e. The van der Waals surface area contributed by atoms with E-state index in [1.54, 1.807) is 0 Å². The van der Waals surface area contributed by atoms with E-state index in [0.717, 1.165) is 0 Å². The van der Waals surface area contributed by atoms with Gasteiger partial charge in [0.15, 0.2) is 0 Å². The van der Waals surface area contributed by atoms with Gasteiger partial charge in [-0.25, -0.2) is 13.1 Å². The fraction of sp³-hybridized carbons (Fsp3) is 1.00. The van der Waals surface area contributed by atoms with Gasteiger partial charge in [-0.05, 0) is 24.7 Å². The molecular weight excluding hydrogens is 214 g/mol. The minimum absolute atomic E-state index is 0.0535. The van der Waals surface area contributed by atoms with Crippen molar-refractivity contribution in [2.45, 2.75) is 33.6 Å². The molecule has 0 aromatic heterocycles. The Morgan fingerprint density at radius 2 is 1.80 bits per heavy atom. The van der Waals surface area contributed by atoms with Crippen molar-refractivity contribution in [3.8, 4) is 0 Å². The quantitative estimate of drug-likeness (QED) is 0.618. The van der Waals surface area contributed by atoms with Gasteiger partial charge in [-0.15, -0.1) is 0 Å². The van der Waals surface area contributed by atoms with Crippen LogP contribution in [-0.4, -0.2) is 32.4 Å². The van der Waals surface area contributed by atoms with Gasteiger partial charge in [-0.2, -0.15) is 0 Å². The summed E-state index contributed by atoms with van der Waals surface area (Å²) >= 11 is 0. The molecule has 0 fully saturated rings. The van der Waals surface area contributed by atoms with E-state index in [2.05, 4.69) is 18.6 Å². The van der Waals surface area contributed by atoms with Crippen LogP contribution in [0.1, 0.15) is 33.6 Å². The zero-order valence-corrected chi connectivity index (χ0v) is 10.7. The Hall–Kier alpha value is -0.130. The fourth-order valence-corrected chi connectivity index (χ4v) is 2.22. The Labute approximate surface area is 93.1 Å². The zero-order chi connectivity index (χ0) is 11.9. The second-order valence-corrected chi connectivity index (χ2v) is 6.25. The summed E-state index contributed by atoms with van der Waals surface area (Å²) in [5, 5.41) is 8.54. The predicted molar refractivity (Wildman–Crippen MR) is 62.1 cm³/mol. The van der Waals surface area contributed by atoms with Gasteiger partial charge >= 0.3 is 0 Å². The van der Waals surface area contributed by atoms with Gasteiger partial charge in [0.2, 0.25) is 10.0 Å². The summed E-state index contributed by atoms with van der Waals surface area (Å²) in [4.78, 5) is 0. The third kappa shape index (κ3) is 7.76. The minimum atomic E-state index is -3.14. The maximum atomic E-state index is 11.4. The first-order valence-electron chi connectivity index (χ1n) is 5.47. The summed E-state index contributed by atoms with van der Waals surface area (Å²) in [5.74, 6) is 0.931. The SMILES string of the molecule is CC(C)C(C)CNS(=O)(=O)CCCCO. The molecule has 0 aromatic carbocycles. The third-order valence-corrected chi connectivity index (χ3v) is 4.02. The zero-order valence-electron chi connectivity index (χ0n) is 9.86. The molecule has 2 N–H and O–H groups in total. The van der Waals surface area contributed by atoms with Gasteiger partial charge in [0.05, 0.1) is 5.75 Å². The predicted octanol–water partition coefficient (Wildman–Crippen LogP) is 0.970. The van der Waals surface area contributed by atoms with Crippen LogP contribution in [0.3, 0.4) is 0 Å². The van der Waals surface area contributed by atoms with Crippen LogP contribution in [0.4, 0.5) is 0 Å². The highest BCUT2D eigenvalue weighted by atomic mass is 32.2. The molecule has 92 valence electrons. The number of aliphatic hydroxyl groups excluding tert-OH is 1. The largest absolute Gasteiger partial charge is 0.396 e. The van der Waals surface area contributed by atoms with E-state index in [1.807, 2.05) is 6.92 Å². The normalized spacial score (nSPS) is 14.5. The van der Waals surface area contributed by atoms with Crippen LogP contribution in [0.15, 0.2) is 0 Å². The molecule has 0 aliphatic carbocycles. The second-order valence-electron chi connectivity index (χ2n) is 4.32. The number of aliphatic hydroxyl groups is 1. The third-order valence-electron chi connectivity index (χ3n) is 2.58. The lowest BCUT2D eigenvalue weighted by Crippen LogP contribution is -2.32. The van der Waals surface area contributed by atoms with Crippen molar-refractivity contribution in [1.29, 1.82) is 0 Å². The van der Waals surface area contributed by atoms with E-state index in [0.29, 0.717) is 31.2 Å². The highest BCUT2D eigenvalue weighted by Gasteiger charge is 2.13. The van der Waals surface area contributed by atoms with E-state index in [-0.39, 0.29) is 12.4 Å². The van der Waals surface area contributed by atoms with Crippen LogP contribution in [0.25, 0.3) is 0 Å². The average Bonchev–Trinajstić information content (AvgIpc) is 2.14. The van der Waals surface area contributed by atoms with Crippen molar-refractivity contribution in [1.82, 2.24) is 4.72 Å². The topological polar surface area (TPSA) is 66.4 Å². The molecule has 0 saturated carbocycles. The summed E-state index contributed by atoms with van der Waals surface area (Å²) in [6, 6.07) is 0. The maximum absolute atomic E-state index is 11.4. The summed E-state index contributed by atoms with van der Waals surface area (Å²) in [6.07, 6.45) is 1.06. The summed E-state index contributed by atoms with van der Waals surface area (Å²) in [5.41, 5.74) is 0. The van der Waals surface area contributed by atoms with E-state index >= 15 is 0 Å². The molecule has 0 aromatic rings. The Morgan fingerprint density at radius 1 is 1.20 bits per heavy atom. The van der Waals surface area contributed by atoms with Crippen LogP contribution in [0.5, 0.6) is 0 Å². The number of unbranched alkanes of at least 4 members (excludes halogenated alkanes) is 1. The van der Waals surface area contributed by atoms with Crippen LogP contribution >= 0.6 is 0 Å². The van der Waals surface area contributed by atoms with Gasteiger partial charge in [-0.1, -0.05) is 20.8 Å². The lowest BCUT2D eigenvalue weighted by Gasteiger charge is -2.16. The molecule has 0 aliphatic rings. The van der Waals surface area contributed by atoms with Crippen LogP contribution < -0.4 is 4.72 Å². The summed E-state index contributed by atoms with van der Waals surface area (Å²) < 4.78 is 25.5. The molecule has 0 rings (SSSR count). The molecule has 0 saturated heterocycles. The Kier molecular flexibility index (Phi) is 7.13. The standard InChI is InChI=1S/C10H23NO3S/c1-9(2)10(3)8-11-15(13,14)7-5-4-6-12/h9-12H,4-8H2,1-3H3. The van der Waals surface area contributed by atoms with Crippen molar-refractivity contribution in [3.63, 3.8) is 0 Å². The molecule has 1 unspecified atom stereocenters. The van der Waals surface area contributed by atoms with Crippen molar-refractivity contribution < 1.29 is 13.5 Å². The Morgan fingerprint density at radius 3 is 2.27 bits per heavy atom. The molecular formula is C10H23NO3S. The lowest BCUT2D eigenvalue weighted by molar-refractivity contribution is 0.287. The number of hydrogen-bond donors (Lipinski definition) is 2. The molecule has 4 nitrogen and oxygen atoms in total. The molecule has 0 bridgehead atoms. The number of nitrogens with one attached hydrogen (secondary N) is 1. The highest BCUT2D eigenvalue weighted by Crippen LogP contribution is 2.08. The van der Waals surface area contributed by atoms with Gasteiger partial charge in [0.25, 0.3) is 0 Å². The van der Waals surface area contributed by atoms with Gasteiger partial charge in [0, 0.05) is 13.2 Å². The Balaban J connectivity index is 3.84. The molecule has 0 amide bonds. The molecule has 0 aliphatic heterocycles. The molecule has 0 spiro atoms. The van der Waals surface area contributed by atoms with Crippen molar-refractivity contribution in [2.75, 3.05) is 18.9 Å². The number of sulfonamides is 1. The highest BCUT2D eigenvalue weighted by molar-refractivity contribution is 7.89.